The van der Waals surface area contributed by atoms with E-state index in [2.05, 4.69) is 15.1 Å². The van der Waals surface area contributed by atoms with Gasteiger partial charge in [0, 0.05) is 33.2 Å². The van der Waals surface area contributed by atoms with E-state index >= 15 is 0 Å². The smallest absolute Gasteiger partial charge is 0.263 e. The Labute approximate surface area is 148 Å². The van der Waals surface area contributed by atoms with Crippen molar-refractivity contribution in [1.82, 2.24) is 19.7 Å². The first-order valence-corrected chi connectivity index (χ1v) is 8.18. The molecule has 1 aromatic carbocycles. The summed E-state index contributed by atoms with van der Waals surface area (Å²) in [7, 11) is 1.74. The minimum Gasteiger partial charge on any atom is -0.366 e. The summed E-state index contributed by atoms with van der Waals surface area (Å²) in [5, 5.41) is 13.4. The lowest BCUT2D eigenvalue weighted by Gasteiger charge is -2.36. The zero-order valence-corrected chi connectivity index (χ0v) is 14.1. The SMILES string of the molecule is Cn1ncc2c(=O)[nH]c(N3CCN(c4ccc(C#N)cc4F)CC3)nc21. The van der Waals surface area contributed by atoms with Crippen LogP contribution in [0.1, 0.15) is 5.56 Å². The van der Waals surface area contributed by atoms with Gasteiger partial charge in [0.1, 0.15) is 11.2 Å². The minimum absolute atomic E-state index is 0.223. The Morgan fingerprint density at radius 1 is 1.23 bits per heavy atom. The molecule has 0 bridgehead atoms. The molecule has 0 amide bonds. The van der Waals surface area contributed by atoms with E-state index < -0.39 is 5.82 Å². The highest BCUT2D eigenvalue weighted by Crippen LogP contribution is 2.23. The zero-order valence-electron chi connectivity index (χ0n) is 14.1. The van der Waals surface area contributed by atoms with Gasteiger partial charge in [-0.25, -0.2) is 4.39 Å². The second-order valence-electron chi connectivity index (χ2n) is 6.15. The molecule has 2 aromatic heterocycles. The third kappa shape index (κ3) is 2.65. The van der Waals surface area contributed by atoms with Gasteiger partial charge in [-0.15, -0.1) is 0 Å². The number of nitrogens with zero attached hydrogens (tertiary/aromatic N) is 6. The number of piperazine rings is 1. The van der Waals surface area contributed by atoms with Gasteiger partial charge in [0.2, 0.25) is 5.95 Å². The van der Waals surface area contributed by atoms with Crippen LogP contribution in [-0.2, 0) is 7.05 Å². The predicted molar refractivity (Wildman–Crippen MR) is 94.7 cm³/mol. The van der Waals surface area contributed by atoms with Crippen LogP contribution in [0.5, 0.6) is 0 Å². The van der Waals surface area contributed by atoms with Crippen LogP contribution in [0.2, 0.25) is 0 Å². The van der Waals surface area contributed by atoms with E-state index in [0.29, 0.717) is 54.4 Å². The van der Waals surface area contributed by atoms with Crippen LogP contribution in [-0.4, -0.2) is 45.9 Å². The molecule has 3 heterocycles. The number of fused-ring (bicyclic) bond motifs is 1. The van der Waals surface area contributed by atoms with Crippen molar-refractivity contribution in [2.45, 2.75) is 0 Å². The van der Waals surface area contributed by atoms with Gasteiger partial charge in [0.05, 0.1) is 23.5 Å². The number of aromatic nitrogens is 4. The van der Waals surface area contributed by atoms with Gasteiger partial charge in [-0.05, 0) is 18.2 Å². The summed E-state index contributed by atoms with van der Waals surface area (Å²) >= 11 is 0. The number of rotatable bonds is 2. The second kappa shape index (κ2) is 6.15. The van der Waals surface area contributed by atoms with Crippen molar-refractivity contribution in [1.29, 1.82) is 5.26 Å². The van der Waals surface area contributed by atoms with E-state index in [9.17, 15) is 9.18 Å². The minimum atomic E-state index is -0.402. The molecule has 0 spiro atoms. The molecule has 3 aromatic rings. The maximum absolute atomic E-state index is 14.2. The number of H-pyrrole nitrogens is 1. The molecular weight excluding hydrogens is 337 g/mol. The summed E-state index contributed by atoms with van der Waals surface area (Å²) in [5.41, 5.74) is 1.09. The molecule has 1 saturated heterocycles. The van der Waals surface area contributed by atoms with Crippen LogP contribution in [0.25, 0.3) is 11.0 Å². The second-order valence-corrected chi connectivity index (χ2v) is 6.15. The van der Waals surface area contributed by atoms with Crippen molar-refractivity contribution in [2.24, 2.45) is 7.05 Å². The number of anilines is 2. The molecule has 8 nitrogen and oxygen atoms in total. The van der Waals surface area contributed by atoms with Crippen LogP contribution >= 0.6 is 0 Å². The van der Waals surface area contributed by atoms with Crippen molar-refractivity contribution in [2.75, 3.05) is 36.0 Å². The fourth-order valence-electron chi connectivity index (χ4n) is 3.16. The van der Waals surface area contributed by atoms with Crippen molar-refractivity contribution in [3.63, 3.8) is 0 Å². The topological polar surface area (TPSA) is 93.8 Å². The van der Waals surface area contributed by atoms with Crippen molar-refractivity contribution < 1.29 is 4.39 Å². The van der Waals surface area contributed by atoms with E-state index in [0.717, 1.165) is 0 Å². The maximum Gasteiger partial charge on any atom is 0.263 e. The first-order chi connectivity index (χ1) is 12.6. The fourth-order valence-corrected chi connectivity index (χ4v) is 3.16. The monoisotopic (exact) mass is 353 g/mol. The van der Waals surface area contributed by atoms with Crippen molar-refractivity contribution in [3.8, 4) is 6.07 Å². The average Bonchev–Trinajstić information content (AvgIpc) is 3.03. The Balaban J connectivity index is 1.55. The lowest BCUT2D eigenvalue weighted by molar-refractivity contribution is 0.593. The number of hydrogen-bond acceptors (Lipinski definition) is 6. The fraction of sp³-hybridized carbons (Fsp3) is 0.294. The van der Waals surface area contributed by atoms with Gasteiger partial charge in [0.15, 0.2) is 5.65 Å². The average molecular weight is 353 g/mol. The molecule has 0 atom stereocenters. The highest BCUT2D eigenvalue weighted by Gasteiger charge is 2.22. The van der Waals surface area contributed by atoms with Crippen molar-refractivity contribution in [3.05, 3.63) is 46.1 Å². The zero-order chi connectivity index (χ0) is 18.3. The summed E-state index contributed by atoms with van der Waals surface area (Å²) < 4.78 is 15.8. The number of aryl methyl sites for hydroxylation is 1. The van der Waals surface area contributed by atoms with E-state index in [4.69, 9.17) is 5.26 Å². The Kier molecular flexibility index (Phi) is 3.80. The third-order valence-electron chi connectivity index (χ3n) is 4.59. The quantitative estimate of drug-likeness (QED) is 0.739. The highest BCUT2D eigenvalue weighted by atomic mass is 19.1. The van der Waals surface area contributed by atoms with Gasteiger partial charge >= 0.3 is 0 Å². The number of hydrogen-bond donors (Lipinski definition) is 1. The first-order valence-electron chi connectivity index (χ1n) is 8.18. The highest BCUT2D eigenvalue weighted by molar-refractivity contribution is 5.74. The number of aromatic amines is 1. The van der Waals surface area contributed by atoms with Crippen LogP contribution in [0, 0.1) is 17.1 Å². The largest absolute Gasteiger partial charge is 0.366 e. The van der Waals surface area contributed by atoms with E-state index in [1.807, 2.05) is 15.9 Å². The van der Waals surface area contributed by atoms with E-state index in [1.54, 1.807) is 23.9 Å². The molecule has 0 radical (unpaired) electrons. The molecular formula is C17H16FN7O. The summed E-state index contributed by atoms with van der Waals surface area (Å²) in [6.45, 7) is 2.34. The standard InChI is InChI=1S/C17H16FN7O/c1-23-15-12(10-20-23)16(26)22-17(21-15)25-6-4-24(5-7-25)14-3-2-11(9-19)8-13(14)18/h2-3,8,10H,4-7H2,1H3,(H,21,22,26). The summed E-state index contributed by atoms with van der Waals surface area (Å²) in [5.74, 6) is 0.0892. The molecule has 1 aliphatic heterocycles. The van der Waals surface area contributed by atoms with Crippen LogP contribution < -0.4 is 15.4 Å². The molecule has 9 heteroatoms. The molecule has 1 fully saturated rings. The molecule has 1 aliphatic rings. The normalized spacial score (nSPS) is 14.7. The predicted octanol–water partition coefficient (Wildman–Crippen LogP) is 0.994. The van der Waals surface area contributed by atoms with E-state index in [-0.39, 0.29) is 5.56 Å². The molecule has 26 heavy (non-hydrogen) atoms. The first kappa shape index (κ1) is 16.1. The molecule has 1 N–H and O–H groups in total. The van der Waals surface area contributed by atoms with Crippen LogP contribution in [0.3, 0.4) is 0 Å². The molecule has 4 rings (SSSR count). The summed E-state index contributed by atoms with van der Waals surface area (Å²) in [4.78, 5) is 23.4. The lowest BCUT2D eigenvalue weighted by atomic mass is 10.2. The Hall–Kier alpha value is -3.41. The van der Waals surface area contributed by atoms with E-state index in [1.165, 1.54) is 12.3 Å². The lowest BCUT2D eigenvalue weighted by Crippen LogP contribution is -2.47. The Morgan fingerprint density at radius 2 is 1.96 bits per heavy atom. The van der Waals surface area contributed by atoms with Gasteiger partial charge < -0.3 is 9.80 Å². The number of nitrogens with one attached hydrogen (secondary N) is 1. The van der Waals surface area contributed by atoms with Gasteiger partial charge in [0.25, 0.3) is 5.56 Å². The Morgan fingerprint density at radius 3 is 2.65 bits per heavy atom. The van der Waals surface area contributed by atoms with Gasteiger partial charge in [-0.2, -0.15) is 15.3 Å². The summed E-state index contributed by atoms with van der Waals surface area (Å²) in [6, 6.07) is 6.42. The maximum atomic E-state index is 14.2. The molecule has 0 saturated carbocycles. The molecule has 132 valence electrons. The van der Waals surface area contributed by atoms with Crippen molar-refractivity contribution >= 4 is 22.7 Å². The third-order valence-corrected chi connectivity index (χ3v) is 4.59. The number of nitriles is 1. The van der Waals surface area contributed by atoms with Gasteiger partial charge in [-0.3, -0.25) is 14.5 Å². The number of benzene rings is 1. The molecule has 0 unspecified atom stereocenters. The van der Waals surface area contributed by atoms with Crippen LogP contribution in [0.4, 0.5) is 16.0 Å². The molecule has 0 aliphatic carbocycles. The van der Waals surface area contributed by atoms with Gasteiger partial charge in [-0.1, -0.05) is 0 Å². The van der Waals surface area contributed by atoms with Crippen LogP contribution in [0.15, 0.2) is 29.2 Å². The summed E-state index contributed by atoms with van der Waals surface area (Å²) in [6.07, 6.45) is 1.50. The Bertz CT molecular complexity index is 1070. The number of halogens is 1.